The van der Waals surface area contributed by atoms with E-state index in [9.17, 15) is 9.59 Å². The standard InChI is InChI=1S/C12H17N3O4S/c1-7-6-20-10(14-7)3-13-12(18)15(2)9-5-19-4-8(9)11(16)17/h6,8-9H,3-5H2,1-2H3,(H,13,18)(H,16,17). The second-order valence-electron chi connectivity index (χ2n) is 4.70. The number of nitrogens with zero attached hydrogens (tertiary/aromatic N) is 2. The number of carboxylic acids is 1. The fourth-order valence-corrected chi connectivity index (χ4v) is 2.78. The van der Waals surface area contributed by atoms with E-state index >= 15 is 0 Å². The third-order valence-corrected chi connectivity index (χ3v) is 4.21. The van der Waals surface area contributed by atoms with Crippen molar-refractivity contribution >= 4 is 23.3 Å². The van der Waals surface area contributed by atoms with Gasteiger partial charge in [-0.2, -0.15) is 0 Å². The predicted molar refractivity (Wildman–Crippen MR) is 72.6 cm³/mol. The van der Waals surface area contributed by atoms with Crippen molar-refractivity contribution in [2.75, 3.05) is 20.3 Å². The zero-order valence-electron chi connectivity index (χ0n) is 11.3. The van der Waals surface area contributed by atoms with Crippen molar-refractivity contribution in [2.24, 2.45) is 5.92 Å². The number of ether oxygens (including phenoxy) is 1. The molecule has 1 aliphatic heterocycles. The number of hydrogen-bond donors (Lipinski definition) is 2. The largest absolute Gasteiger partial charge is 0.481 e. The third kappa shape index (κ3) is 3.26. The lowest BCUT2D eigenvalue weighted by Gasteiger charge is -2.26. The summed E-state index contributed by atoms with van der Waals surface area (Å²) in [5.74, 6) is -1.62. The van der Waals surface area contributed by atoms with Gasteiger partial charge in [-0.25, -0.2) is 9.78 Å². The van der Waals surface area contributed by atoms with E-state index in [1.165, 1.54) is 16.2 Å². The number of aliphatic carboxylic acids is 1. The van der Waals surface area contributed by atoms with Crippen LogP contribution < -0.4 is 5.32 Å². The molecule has 2 unspecified atom stereocenters. The Balaban J connectivity index is 1.90. The Bertz CT molecular complexity index is 505. The van der Waals surface area contributed by atoms with Gasteiger partial charge in [-0.1, -0.05) is 0 Å². The minimum Gasteiger partial charge on any atom is -0.481 e. The smallest absolute Gasteiger partial charge is 0.317 e. The quantitative estimate of drug-likeness (QED) is 0.853. The van der Waals surface area contributed by atoms with Crippen molar-refractivity contribution in [3.8, 4) is 0 Å². The van der Waals surface area contributed by atoms with E-state index in [2.05, 4.69) is 10.3 Å². The van der Waals surface area contributed by atoms with Gasteiger partial charge in [0.15, 0.2) is 0 Å². The van der Waals surface area contributed by atoms with Crippen LogP contribution in [0.15, 0.2) is 5.38 Å². The number of hydrogen-bond acceptors (Lipinski definition) is 5. The van der Waals surface area contributed by atoms with Crippen molar-refractivity contribution in [1.82, 2.24) is 15.2 Å². The van der Waals surface area contributed by atoms with Crippen molar-refractivity contribution in [3.63, 3.8) is 0 Å². The van der Waals surface area contributed by atoms with Crippen LogP contribution in [-0.4, -0.2) is 53.3 Å². The molecule has 0 saturated carbocycles. The van der Waals surface area contributed by atoms with E-state index in [-0.39, 0.29) is 19.2 Å². The summed E-state index contributed by atoms with van der Waals surface area (Å²) in [6.45, 7) is 2.62. The molecule has 1 aromatic heterocycles. The van der Waals surface area contributed by atoms with Gasteiger partial charge in [-0.15, -0.1) is 11.3 Å². The molecule has 0 aromatic carbocycles. The molecule has 0 radical (unpaired) electrons. The Morgan fingerprint density at radius 3 is 2.95 bits per heavy atom. The number of carboxylic acid groups (broad SMARTS) is 1. The molecule has 20 heavy (non-hydrogen) atoms. The lowest BCUT2D eigenvalue weighted by molar-refractivity contribution is -0.142. The number of rotatable bonds is 4. The number of amides is 2. The molecular weight excluding hydrogens is 282 g/mol. The summed E-state index contributed by atoms with van der Waals surface area (Å²) in [6, 6.07) is -0.759. The average Bonchev–Trinajstić information content (AvgIpc) is 3.03. The molecule has 2 atom stereocenters. The van der Waals surface area contributed by atoms with Gasteiger partial charge in [0, 0.05) is 18.1 Å². The van der Waals surface area contributed by atoms with Gasteiger partial charge in [0.05, 0.1) is 25.8 Å². The van der Waals surface area contributed by atoms with Gasteiger partial charge in [0.25, 0.3) is 0 Å². The zero-order chi connectivity index (χ0) is 14.7. The molecule has 1 fully saturated rings. The van der Waals surface area contributed by atoms with Crippen LogP contribution in [0.1, 0.15) is 10.7 Å². The van der Waals surface area contributed by atoms with Gasteiger partial charge < -0.3 is 20.1 Å². The number of thiazole rings is 1. The van der Waals surface area contributed by atoms with Crippen LogP contribution in [-0.2, 0) is 16.1 Å². The zero-order valence-corrected chi connectivity index (χ0v) is 12.1. The third-order valence-electron chi connectivity index (χ3n) is 3.24. The van der Waals surface area contributed by atoms with E-state index in [0.29, 0.717) is 6.54 Å². The highest BCUT2D eigenvalue weighted by molar-refractivity contribution is 7.09. The highest BCUT2D eigenvalue weighted by Crippen LogP contribution is 2.19. The topological polar surface area (TPSA) is 91.8 Å². The minimum atomic E-state index is -0.942. The number of carbonyl (C=O) groups excluding carboxylic acids is 1. The fraction of sp³-hybridized carbons (Fsp3) is 0.583. The minimum absolute atomic E-state index is 0.142. The summed E-state index contributed by atoms with van der Waals surface area (Å²) in [5.41, 5.74) is 0.919. The van der Waals surface area contributed by atoms with Crippen molar-refractivity contribution < 1.29 is 19.4 Å². The second-order valence-corrected chi connectivity index (χ2v) is 5.64. The lowest BCUT2D eigenvalue weighted by Crippen LogP contribution is -2.48. The molecule has 1 saturated heterocycles. The number of urea groups is 1. The van der Waals surface area contributed by atoms with Crippen LogP contribution in [0.4, 0.5) is 4.79 Å². The summed E-state index contributed by atoms with van der Waals surface area (Å²) in [7, 11) is 1.58. The molecule has 0 bridgehead atoms. The van der Waals surface area contributed by atoms with Gasteiger partial charge in [0.1, 0.15) is 10.9 Å². The van der Waals surface area contributed by atoms with Gasteiger partial charge in [-0.3, -0.25) is 4.79 Å². The molecule has 2 N–H and O–H groups in total. The number of aryl methyl sites for hydroxylation is 1. The van der Waals surface area contributed by atoms with E-state index in [1.807, 2.05) is 12.3 Å². The first-order chi connectivity index (χ1) is 9.49. The summed E-state index contributed by atoms with van der Waals surface area (Å²) in [6.07, 6.45) is 0. The maximum absolute atomic E-state index is 12.0. The highest BCUT2D eigenvalue weighted by Gasteiger charge is 2.38. The summed E-state index contributed by atoms with van der Waals surface area (Å²) in [5, 5.41) is 14.5. The molecule has 8 heteroatoms. The average molecular weight is 299 g/mol. The molecule has 0 aliphatic carbocycles. The first kappa shape index (κ1) is 14.7. The SMILES string of the molecule is Cc1csc(CNC(=O)N(C)C2COCC2C(=O)O)n1. The second kappa shape index (κ2) is 6.19. The van der Waals surface area contributed by atoms with Crippen molar-refractivity contribution in [3.05, 3.63) is 16.1 Å². The highest BCUT2D eigenvalue weighted by atomic mass is 32.1. The molecule has 2 amide bonds. The molecule has 110 valence electrons. The Labute approximate surface area is 120 Å². The first-order valence-electron chi connectivity index (χ1n) is 6.21. The summed E-state index contributed by atoms with van der Waals surface area (Å²) in [4.78, 5) is 28.7. The molecule has 7 nitrogen and oxygen atoms in total. The Kier molecular flexibility index (Phi) is 4.56. The Hall–Kier alpha value is -1.67. The van der Waals surface area contributed by atoms with Crippen molar-refractivity contribution in [2.45, 2.75) is 19.5 Å². The number of carbonyl (C=O) groups is 2. The van der Waals surface area contributed by atoms with Crippen LogP contribution in [0.25, 0.3) is 0 Å². The monoisotopic (exact) mass is 299 g/mol. The van der Waals surface area contributed by atoms with E-state index in [1.54, 1.807) is 7.05 Å². The summed E-state index contributed by atoms with van der Waals surface area (Å²) >= 11 is 1.48. The number of likely N-dealkylation sites (N-methyl/N-ethyl adjacent to an activating group) is 1. The molecule has 1 aliphatic rings. The first-order valence-corrected chi connectivity index (χ1v) is 7.09. The van der Waals surface area contributed by atoms with Crippen LogP contribution in [0.3, 0.4) is 0 Å². The van der Waals surface area contributed by atoms with Gasteiger partial charge in [-0.05, 0) is 6.92 Å². The van der Waals surface area contributed by atoms with Crippen LogP contribution >= 0.6 is 11.3 Å². The Morgan fingerprint density at radius 1 is 1.60 bits per heavy atom. The normalized spacial score (nSPS) is 21.7. The predicted octanol–water partition coefficient (Wildman–Crippen LogP) is 0.693. The molecular formula is C12H17N3O4S. The van der Waals surface area contributed by atoms with Gasteiger partial charge in [0.2, 0.25) is 0 Å². The van der Waals surface area contributed by atoms with E-state index in [0.717, 1.165) is 10.7 Å². The molecule has 2 rings (SSSR count). The number of aromatic nitrogens is 1. The molecule has 2 heterocycles. The lowest BCUT2D eigenvalue weighted by atomic mass is 10.0. The summed E-state index contributed by atoms with van der Waals surface area (Å²) < 4.78 is 5.16. The number of nitrogens with one attached hydrogen (secondary N) is 1. The van der Waals surface area contributed by atoms with E-state index in [4.69, 9.17) is 9.84 Å². The van der Waals surface area contributed by atoms with Crippen molar-refractivity contribution in [1.29, 1.82) is 0 Å². The van der Waals surface area contributed by atoms with Crippen LogP contribution in [0, 0.1) is 12.8 Å². The molecule has 1 aromatic rings. The Morgan fingerprint density at radius 2 is 2.35 bits per heavy atom. The maximum Gasteiger partial charge on any atom is 0.317 e. The van der Waals surface area contributed by atoms with E-state index < -0.39 is 17.9 Å². The van der Waals surface area contributed by atoms with Gasteiger partial charge >= 0.3 is 12.0 Å². The fourth-order valence-electron chi connectivity index (χ4n) is 2.07. The maximum atomic E-state index is 12.0. The molecule has 0 spiro atoms. The van der Waals surface area contributed by atoms with Crippen LogP contribution in [0.5, 0.6) is 0 Å². The van der Waals surface area contributed by atoms with Crippen LogP contribution in [0.2, 0.25) is 0 Å².